The van der Waals surface area contributed by atoms with Gasteiger partial charge in [-0.2, -0.15) is 0 Å². The fourth-order valence-electron chi connectivity index (χ4n) is 3.34. The number of rotatable bonds is 10. The lowest BCUT2D eigenvalue weighted by atomic mass is 10.1. The zero-order chi connectivity index (χ0) is 20.4. The molecule has 1 saturated heterocycles. The lowest BCUT2D eigenvalue weighted by molar-refractivity contribution is 0.330. The third-order valence-corrected chi connectivity index (χ3v) is 5.57. The van der Waals surface area contributed by atoms with Gasteiger partial charge in [-0.25, -0.2) is 17.8 Å². The minimum absolute atomic E-state index is 0. The molecular formula is C20H34FIN4O2S. The van der Waals surface area contributed by atoms with Crippen molar-refractivity contribution in [1.29, 1.82) is 0 Å². The van der Waals surface area contributed by atoms with Crippen molar-refractivity contribution in [2.75, 3.05) is 39.0 Å². The topological polar surface area (TPSA) is 73.8 Å². The number of nitrogens with zero attached hydrogens (tertiary/aromatic N) is 2. The Kier molecular flexibility index (Phi) is 12.0. The first kappa shape index (κ1) is 26.1. The van der Waals surface area contributed by atoms with E-state index < -0.39 is 9.84 Å². The van der Waals surface area contributed by atoms with E-state index in [9.17, 15) is 12.8 Å². The molecule has 2 N–H and O–H groups in total. The molecule has 166 valence electrons. The minimum Gasteiger partial charge on any atom is -0.357 e. The Balaban J connectivity index is 0.00000420. The van der Waals surface area contributed by atoms with E-state index in [0.29, 0.717) is 17.1 Å². The average molecular weight is 540 g/mol. The minimum atomic E-state index is -3.20. The summed E-state index contributed by atoms with van der Waals surface area (Å²) in [5, 5.41) is 6.49. The zero-order valence-electron chi connectivity index (χ0n) is 17.4. The summed E-state index contributed by atoms with van der Waals surface area (Å²) in [7, 11) is -3.20. The van der Waals surface area contributed by atoms with Crippen LogP contribution in [-0.2, 0) is 22.1 Å². The van der Waals surface area contributed by atoms with Crippen LogP contribution in [0, 0.1) is 5.82 Å². The van der Waals surface area contributed by atoms with Crippen LogP contribution in [0.25, 0.3) is 0 Å². The second kappa shape index (κ2) is 13.4. The number of nitrogens with one attached hydrogen (secondary N) is 2. The van der Waals surface area contributed by atoms with Gasteiger partial charge in [0.2, 0.25) is 0 Å². The first-order chi connectivity index (χ1) is 13.4. The Bertz CT molecular complexity index is 753. The van der Waals surface area contributed by atoms with Gasteiger partial charge in [0.05, 0.1) is 12.3 Å². The molecule has 0 spiro atoms. The van der Waals surface area contributed by atoms with E-state index >= 15 is 0 Å². The molecular weight excluding hydrogens is 506 g/mol. The maximum atomic E-state index is 13.6. The molecule has 0 aliphatic carbocycles. The Labute approximate surface area is 191 Å². The molecule has 0 bridgehead atoms. The fraction of sp³-hybridized carbons (Fsp3) is 0.650. The molecule has 1 aromatic carbocycles. The van der Waals surface area contributed by atoms with Gasteiger partial charge >= 0.3 is 0 Å². The molecule has 0 unspecified atom stereocenters. The van der Waals surface area contributed by atoms with Crippen molar-refractivity contribution in [3.63, 3.8) is 0 Å². The second-order valence-electron chi connectivity index (χ2n) is 7.36. The average Bonchev–Trinajstić information content (AvgIpc) is 3.13. The van der Waals surface area contributed by atoms with E-state index in [4.69, 9.17) is 0 Å². The fourth-order valence-corrected chi connectivity index (χ4v) is 4.19. The summed E-state index contributed by atoms with van der Waals surface area (Å²) in [6, 6.07) is 4.18. The molecule has 1 aliphatic rings. The quantitative estimate of drug-likeness (QED) is 0.207. The summed E-state index contributed by atoms with van der Waals surface area (Å²) in [6.45, 7) is 7.35. The van der Waals surface area contributed by atoms with Crippen LogP contribution in [0.15, 0.2) is 23.2 Å². The number of halogens is 2. The van der Waals surface area contributed by atoms with E-state index in [0.717, 1.165) is 32.5 Å². The smallest absolute Gasteiger partial charge is 0.191 e. The number of likely N-dealkylation sites (tertiary alicyclic amines) is 1. The SMILES string of the molecule is CCNC(=NCc1cc(F)ccc1CS(C)(=O)=O)NCCCCN1CCCC1.I. The molecule has 0 radical (unpaired) electrons. The molecule has 6 nitrogen and oxygen atoms in total. The van der Waals surface area contributed by atoms with Crippen molar-refractivity contribution >= 4 is 39.8 Å². The molecule has 29 heavy (non-hydrogen) atoms. The summed E-state index contributed by atoms with van der Waals surface area (Å²) in [4.78, 5) is 7.02. The van der Waals surface area contributed by atoms with Crippen LogP contribution in [0.5, 0.6) is 0 Å². The van der Waals surface area contributed by atoms with Gasteiger partial charge in [-0.3, -0.25) is 0 Å². The van der Waals surface area contributed by atoms with Gasteiger partial charge in [-0.05, 0) is 75.5 Å². The molecule has 1 fully saturated rings. The molecule has 2 rings (SSSR count). The van der Waals surface area contributed by atoms with Gasteiger partial charge in [0.25, 0.3) is 0 Å². The number of hydrogen-bond donors (Lipinski definition) is 2. The van der Waals surface area contributed by atoms with Gasteiger partial charge in [0.1, 0.15) is 5.82 Å². The Morgan fingerprint density at radius 1 is 1.17 bits per heavy atom. The number of benzene rings is 1. The van der Waals surface area contributed by atoms with Crippen LogP contribution in [0.3, 0.4) is 0 Å². The molecule has 0 saturated carbocycles. The van der Waals surface area contributed by atoms with Crippen LogP contribution in [0.4, 0.5) is 4.39 Å². The predicted octanol–water partition coefficient (Wildman–Crippen LogP) is 2.92. The molecule has 9 heteroatoms. The summed E-state index contributed by atoms with van der Waals surface area (Å²) >= 11 is 0. The van der Waals surface area contributed by atoms with Crippen molar-refractivity contribution < 1.29 is 12.8 Å². The van der Waals surface area contributed by atoms with Crippen molar-refractivity contribution in [1.82, 2.24) is 15.5 Å². The monoisotopic (exact) mass is 540 g/mol. The first-order valence-electron chi connectivity index (χ1n) is 10.1. The number of hydrogen-bond acceptors (Lipinski definition) is 4. The number of guanidine groups is 1. The van der Waals surface area contributed by atoms with Crippen LogP contribution in [0.2, 0.25) is 0 Å². The van der Waals surface area contributed by atoms with Crippen LogP contribution >= 0.6 is 24.0 Å². The van der Waals surface area contributed by atoms with Gasteiger partial charge in [-0.1, -0.05) is 6.07 Å². The first-order valence-corrected chi connectivity index (χ1v) is 12.1. The maximum absolute atomic E-state index is 13.6. The molecule has 0 atom stereocenters. The third-order valence-electron chi connectivity index (χ3n) is 4.73. The highest BCUT2D eigenvalue weighted by Gasteiger charge is 2.11. The number of aliphatic imine (C=N–C) groups is 1. The van der Waals surface area contributed by atoms with Crippen molar-refractivity contribution in [2.45, 2.75) is 44.9 Å². The third kappa shape index (κ3) is 10.6. The number of sulfone groups is 1. The van der Waals surface area contributed by atoms with Crippen LogP contribution in [0.1, 0.15) is 43.7 Å². The molecule has 1 aromatic rings. The van der Waals surface area contributed by atoms with Crippen LogP contribution in [-0.4, -0.2) is 58.3 Å². The predicted molar refractivity (Wildman–Crippen MR) is 128 cm³/mol. The molecule has 0 aromatic heterocycles. The normalized spacial score (nSPS) is 15.2. The van der Waals surface area contributed by atoms with Gasteiger partial charge in [0, 0.05) is 19.3 Å². The van der Waals surface area contributed by atoms with Crippen molar-refractivity contribution in [3.8, 4) is 0 Å². The van der Waals surface area contributed by atoms with Crippen molar-refractivity contribution in [3.05, 3.63) is 35.1 Å². The lowest BCUT2D eigenvalue weighted by Crippen LogP contribution is -2.38. The molecule has 1 aliphatic heterocycles. The lowest BCUT2D eigenvalue weighted by Gasteiger charge is -2.15. The highest BCUT2D eigenvalue weighted by Crippen LogP contribution is 2.15. The Morgan fingerprint density at radius 2 is 1.90 bits per heavy atom. The summed E-state index contributed by atoms with van der Waals surface area (Å²) < 4.78 is 36.9. The molecule has 0 amide bonds. The molecule has 1 heterocycles. The van der Waals surface area contributed by atoms with Crippen molar-refractivity contribution in [2.24, 2.45) is 4.99 Å². The maximum Gasteiger partial charge on any atom is 0.191 e. The highest BCUT2D eigenvalue weighted by atomic mass is 127. The van der Waals surface area contributed by atoms with E-state index in [1.54, 1.807) is 0 Å². The summed E-state index contributed by atoms with van der Waals surface area (Å²) in [6.07, 6.45) is 6.01. The van der Waals surface area contributed by atoms with E-state index in [1.807, 2.05) is 6.92 Å². The van der Waals surface area contributed by atoms with E-state index in [2.05, 4.69) is 20.5 Å². The largest absolute Gasteiger partial charge is 0.357 e. The highest BCUT2D eigenvalue weighted by molar-refractivity contribution is 14.0. The van der Waals surface area contributed by atoms with Gasteiger partial charge in [-0.15, -0.1) is 24.0 Å². The summed E-state index contributed by atoms with van der Waals surface area (Å²) in [5.74, 6) is 0.166. The second-order valence-corrected chi connectivity index (χ2v) is 9.50. The van der Waals surface area contributed by atoms with Gasteiger partial charge in [0.15, 0.2) is 15.8 Å². The Morgan fingerprint density at radius 3 is 2.55 bits per heavy atom. The summed E-state index contributed by atoms with van der Waals surface area (Å²) in [5.41, 5.74) is 1.19. The standard InChI is InChI=1S/C20H33FN4O2S.HI/c1-3-22-20(23-10-4-5-11-25-12-6-7-13-25)24-15-18-14-19(21)9-8-17(18)16-28(2,26)27;/h8-9,14H,3-7,10-13,15-16H2,1-2H3,(H2,22,23,24);1H. The van der Waals surface area contributed by atoms with Crippen LogP contribution < -0.4 is 10.6 Å². The number of unbranched alkanes of at least 4 members (excludes halogenated alkanes) is 1. The van der Waals surface area contributed by atoms with Gasteiger partial charge < -0.3 is 15.5 Å². The zero-order valence-corrected chi connectivity index (χ0v) is 20.6. The Hall–Kier alpha value is -0.940. The van der Waals surface area contributed by atoms with E-state index in [1.165, 1.54) is 50.4 Å². The van der Waals surface area contributed by atoms with E-state index in [-0.39, 0.29) is 42.1 Å².